The Morgan fingerprint density at radius 3 is 2.70 bits per heavy atom. The quantitative estimate of drug-likeness (QED) is 0.315. The number of rotatable bonds is 6. The second-order valence-corrected chi connectivity index (χ2v) is 2.69. The van der Waals surface area contributed by atoms with Gasteiger partial charge in [0.1, 0.15) is 6.29 Å². The highest BCUT2D eigenvalue weighted by Crippen LogP contribution is 2.06. The minimum Gasteiger partial charge on any atom is -0.303 e. The van der Waals surface area contributed by atoms with Crippen molar-refractivity contribution in [1.82, 2.24) is 0 Å². The van der Waals surface area contributed by atoms with Gasteiger partial charge in [-0.3, -0.25) is 0 Å². The Morgan fingerprint density at radius 1 is 1.50 bits per heavy atom. The average molecular weight is 140 g/mol. The maximum absolute atomic E-state index is 10.1. The van der Waals surface area contributed by atoms with Crippen LogP contribution < -0.4 is 0 Å². The molecule has 0 aromatic carbocycles. The Kier molecular flexibility index (Phi) is 6.14. The Labute approximate surface area is 63.1 Å². The van der Waals surface area contributed by atoms with Gasteiger partial charge in [-0.15, -0.1) is 6.58 Å². The smallest absolute Gasteiger partial charge is 0.122 e. The highest BCUT2D eigenvalue weighted by molar-refractivity contribution is 5.52. The molecular weight excluding hydrogens is 124 g/mol. The first kappa shape index (κ1) is 9.41. The number of aldehydes is 1. The van der Waals surface area contributed by atoms with Gasteiger partial charge < -0.3 is 4.79 Å². The summed E-state index contributed by atoms with van der Waals surface area (Å²) >= 11 is 0. The molecular formula is C9H16O. The standard InChI is InChI=1S/C9H16O/c1-3-4-5-6-7-9(2)8-10/h3,8-9H,1,4-7H2,2H3/t9-/m1/s1. The number of carbonyl (C=O) groups is 1. The highest BCUT2D eigenvalue weighted by atomic mass is 16.1. The van der Waals surface area contributed by atoms with Crippen LogP contribution in [0.2, 0.25) is 0 Å². The van der Waals surface area contributed by atoms with E-state index in [9.17, 15) is 4.79 Å². The average Bonchev–Trinajstić information content (AvgIpc) is 1.98. The number of hydrogen-bond acceptors (Lipinski definition) is 1. The zero-order valence-corrected chi connectivity index (χ0v) is 6.68. The van der Waals surface area contributed by atoms with E-state index >= 15 is 0 Å². The van der Waals surface area contributed by atoms with Crippen molar-refractivity contribution in [3.8, 4) is 0 Å². The van der Waals surface area contributed by atoms with Gasteiger partial charge in [0.15, 0.2) is 0 Å². The first-order valence-corrected chi connectivity index (χ1v) is 3.87. The van der Waals surface area contributed by atoms with Crippen LogP contribution in [0.15, 0.2) is 12.7 Å². The van der Waals surface area contributed by atoms with Crippen LogP contribution in [0.1, 0.15) is 32.6 Å². The minimum atomic E-state index is 0.241. The predicted octanol–water partition coefficient (Wildman–Crippen LogP) is 2.57. The van der Waals surface area contributed by atoms with Crippen LogP contribution in [0.4, 0.5) is 0 Å². The summed E-state index contributed by atoms with van der Waals surface area (Å²) in [5.74, 6) is 0.241. The van der Waals surface area contributed by atoms with Crippen LogP contribution >= 0.6 is 0 Å². The molecule has 0 radical (unpaired) electrons. The number of hydrogen-bond donors (Lipinski definition) is 0. The summed E-state index contributed by atoms with van der Waals surface area (Å²) in [6.45, 7) is 5.59. The lowest BCUT2D eigenvalue weighted by molar-refractivity contribution is -0.110. The maximum Gasteiger partial charge on any atom is 0.122 e. The number of allylic oxidation sites excluding steroid dienone is 1. The van der Waals surface area contributed by atoms with E-state index in [0.717, 1.165) is 25.5 Å². The van der Waals surface area contributed by atoms with E-state index in [4.69, 9.17) is 0 Å². The molecule has 10 heavy (non-hydrogen) atoms. The molecule has 0 aliphatic rings. The SMILES string of the molecule is C=CCCCC[C@@H](C)C=O. The highest BCUT2D eigenvalue weighted by Gasteiger charge is 1.96. The first-order chi connectivity index (χ1) is 4.81. The van der Waals surface area contributed by atoms with Gasteiger partial charge in [-0.1, -0.05) is 19.4 Å². The van der Waals surface area contributed by atoms with Crippen molar-refractivity contribution in [3.63, 3.8) is 0 Å². The topological polar surface area (TPSA) is 17.1 Å². The Balaban J connectivity index is 3.02. The molecule has 0 heterocycles. The molecule has 0 aliphatic heterocycles. The molecule has 58 valence electrons. The number of unbranched alkanes of at least 4 members (excludes halogenated alkanes) is 2. The summed E-state index contributed by atoms with van der Waals surface area (Å²) < 4.78 is 0. The molecule has 0 aromatic rings. The van der Waals surface area contributed by atoms with Crippen molar-refractivity contribution in [3.05, 3.63) is 12.7 Å². The van der Waals surface area contributed by atoms with Gasteiger partial charge in [0.2, 0.25) is 0 Å². The third-order valence-electron chi connectivity index (χ3n) is 1.55. The molecule has 0 N–H and O–H groups in total. The van der Waals surface area contributed by atoms with Gasteiger partial charge >= 0.3 is 0 Å². The lowest BCUT2D eigenvalue weighted by atomic mass is 10.1. The molecule has 0 fully saturated rings. The fraction of sp³-hybridized carbons (Fsp3) is 0.667. The van der Waals surface area contributed by atoms with Gasteiger partial charge in [0, 0.05) is 5.92 Å². The van der Waals surface area contributed by atoms with Crippen LogP contribution in [0.5, 0.6) is 0 Å². The van der Waals surface area contributed by atoms with Crippen LogP contribution in [0.3, 0.4) is 0 Å². The number of carbonyl (C=O) groups excluding carboxylic acids is 1. The predicted molar refractivity (Wildman–Crippen MR) is 43.9 cm³/mol. The lowest BCUT2D eigenvalue weighted by Gasteiger charge is -2.00. The second-order valence-electron chi connectivity index (χ2n) is 2.69. The van der Waals surface area contributed by atoms with E-state index in [1.165, 1.54) is 6.42 Å². The first-order valence-electron chi connectivity index (χ1n) is 3.87. The van der Waals surface area contributed by atoms with Gasteiger partial charge in [0.25, 0.3) is 0 Å². The largest absolute Gasteiger partial charge is 0.303 e. The molecule has 0 saturated carbocycles. The molecule has 0 unspecified atom stereocenters. The van der Waals surface area contributed by atoms with Crippen LogP contribution in [-0.4, -0.2) is 6.29 Å². The second kappa shape index (κ2) is 6.53. The van der Waals surface area contributed by atoms with Crippen molar-refractivity contribution in [2.45, 2.75) is 32.6 Å². The van der Waals surface area contributed by atoms with Crippen LogP contribution in [-0.2, 0) is 4.79 Å². The lowest BCUT2D eigenvalue weighted by Crippen LogP contribution is -1.94. The summed E-state index contributed by atoms with van der Waals surface area (Å²) in [4.78, 5) is 10.1. The fourth-order valence-electron chi connectivity index (χ4n) is 0.823. The van der Waals surface area contributed by atoms with Gasteiger partial charge in [-0.25, -0.2) is 0 Å². The van der Waals surface area contributed by atoms with E-state index in [1.54, 1.807) is 0 Å². The van der Waals surface area contributed by atoms with Crippen LogP contribution in [0, 0.1) is 5.92 Å². The van der Waals surface area contributed by atoms with Gasteiger partial charge in [-0.2, -0.15) is 0 Å². The summed E-state index contributed by atoms with van der Waals surface area (Å²) in [5.41, 5.74) is 0. The van der Waals surface area contributed by atoms with E-state index in [2.05, 4.69) is 6.58 Å². The molecule has 1 heteroatoms. The third-order valence-corrected chi connectivity index (χ3v) is 1.55. The van der Waals surface area contributed by atoms with Crippen molar-refractivity contribution >= 4 is 6.29 Å². The van der Waals surface area contributed by atoms with Crippen molar-refractivity contribution < 1.29 is 4.79 Å². The molecule has 0 amide bonds. The third kappa shape index (κ3) is 5.54. The normalized spacial score (nSPS) is 12.5. The summed E-state index contributed by atoms with van der Waals surface area (Å²) in [5, 5.41) is 0. The monoisotopic (exact) mass is 140 g/mol. The molecule has 0 aromatic heterocycles. The zero-order valence-electron chi connectivity index (χ0n) is 6.68. The van der Waals surface area contributed by atoms with Crippen molar-refractivity contribution in [1.29, 1.82) is 0 Å². The minimum absolute atomic E-state index is 0.241. The fourth-order valence-corrected chi connectivity index (χ4v) is 0.823. The molecule has 0 bridgehead atoms. The van der Waals surface area contributed by atoms with E-state index in [1.807, 2.05) is 13.0 Å². The Morgan fingerprint density at radius 2 is 2.20 bits per heavy atom. The molecule has 0 spiro atoms. The van der Waals surface area contributed by atoms with Crippen molar-refractivity contribution in [2.75, 3.05) is 0 Å². The van der Waals surface area contributed by atoms with Gasteiger partial charge in [-0.05, 0) is 19.3 Å². The summed E-state index contributed by atoms with van der Waals surface area (Å²) in [6.07, 6.45) is 7.36. The zero-order chi connectivity index (χ0) is 7.82. The van der Waals surface area contributed by atoms with E-state index in [0.29, 0.717) is 0 Å². The van der Waals surface area contributed by atoms with Crippen molar-refractivity contribution in [2.24, 2.45) is 5.92 Å². The van der Waals surface area contributed by atoms with Crippen LogP contribution in [0.25, 0.3) is 0 Å². The summed E-state index contributed by atoms with van der Waals surface area (Å²) in [7, 11) is 0. The maximum atomic E-state index is 10.1. The summed E-state index contributed by atoms with van der Waals surface area (Å²) in [6, 6.07) is 0. The van der Waals surface area contributed by atoms with Gasteiger partial charge in [0.05, 0.1) is 0 Å². The van der Waals surface area contributed by atoms with E-state index < -0.39 is 0 Å². The molecule has 0 aliphatic carbocycles. The molecule has 0 saturated heterocycles. The Bertz CT molecular complexity index is 96.9. The Hall–Kier alpha value is -0.590. The molecule has 0 rings (SSSR count). The molecule has 1 atom stereocenters. The van der Waals surface area contributed by atoms with E-state index in [-0.39, 0.29) is 5.92 Å². The molecule has 1 nitrogen and oxygen atoms in total.